The lowest BCUT2D eigenvalue weighted by Crippen LogP contribution is -2.12. The number of rotatable bonds is 6. The Morgan fingerprint density at radius 1 is 1.29 bits per heavy atom. The van der Waals surface area contributed by atoms with Crippen LogP contribution in [0.1, 0.15) is 29.9 Å². The third kappa shape index (κ3) is 3.97. The van der Waals surface area contributed by atoms with Gasteiger partial charge in [0, 0.05) is 20.1 Å². The number of carbonyl (C=O) groups excluding carboxylic acids is 1. The Kier molecular flexibility index (Phi) is 4.88. The number of methoxy groups -OCH3 is 1. The van der Waals surface area contributed by atoms with Crippen molar-refractivity contribution in [1.29, 1.82) is 0 Å². The lowest BCUT2D eigenvalue weighted by Gasteiger charge is -2.12. The average molecular weight is 302 g/mol. The minimum atomic E-state index is -4.40. The van der Waals surface area contributed by atoms with E-state index in [0.29, 0.717) is 19.4 Å². The van der Waals surface area contributed by atoms with Gasteiger partial charge in [-0.15, -0.1) is 0 Å². The highest BCUT2D eigenvalue weighted by Gasteiger charge is 2.48. The lowest BCUT2D eigenvalue weighted by molar-refractivity contribution is -0.146. The Morgan fingerprint density at radius 2 is 2.00 bits per heavy atom. The van der Waals surface area contributed by atoms with E-state index in [4.69, 9.17) is 9.47 Å². The van der Waals surface area contributed by atoms with Crippen molar-refractivity contribution in [2.75, 3.05) is 20.3 Å². The maximum atomic E-state index is 12.9. The second kappa shape index (κ2) is 6.47. The SMILES string of the molecule is COCCCOC(=O)C1CC1c1ccccc1C(F)(F)F. The van der Waals surface area contributed by atoms with Crippen LogP contribution in [0.4, 0.5) is 13.2 Å². The van der Waals surface area contributed by atoms with E-state index in [0.717, 1.165) is 6.07 Å². The summed E-state index contributed by atoms with van der Waals surface area (Å²) in [7, 11) is 1.55. The molecule has 0 bridgehead atoms. The third-order valence-corrected chi connectivity index (χ3v) is 3.50. The molecule has 0 N–H and O–H groups in total. The highest BCUT2D eigenvalue weighted by molar-refractivity contribution is 5.77. The number of esters is 1. The molecule has 0 saturated heterocycles. The van der Waals surface area contributed by atoms with Crippen molar-refractivity contribution in [3.05, 3.63) is 35.4 Å². The van der Waals surface area contributed by atoms with Crippen molar-refractivity contribution in [3.8, 4) is 0 Å². The Hall–Kier alpha value is -1.56. The molecule has 0 amide bonds. The fourth-order valence-corrected chi connectivity index (χ4v) is 2.36. The summed E-state index contributed by atoms with van der Waals surface area (Å²) in [5.74, 6) is -1.28. The molecule has 2 unspecified atom stereocenters. The largest absolute Gasteiger partial charge is 0.465 e. The Balaban J connectivity index is 1.96. The van der Waals surface area contributed by atoms with Gasteiger partial charge < -0.3 is 9.47 Å². The molecule has 2 atom stereocenters. The Morgan fingerprint density at radius 3 is 2.67 bits per heavy atom. The van der Waals surface area contributed by atoms with Crippen LogP contribution in [0.5, 0.6) is 0 Å². The molecule has 116 valence electrons. The van der Waals surface area contributed by atoms with E-state index < -0.39 is 29.5 Å². The number of benzene rings is 1. The summed E-state index contributed by atoms with van der Waals surface area (Å²) in [5.41, 5.74) is -0.478. The summed E-state index contributed by atoms with van der Waals surface area (Å²) >= 11 is 0. The molecule has 0 spiro atoms. The van der Waals surface area contributed by atoms with E-state index in [-0.39, 0.29) is 12.2 Å². The molecule has 1 fully saturated rings. The Bertz CT molecular complexity index is 499. The molecule has 0 aromatic heterocycles. The first kappa shape index (κ1) is 15.8. The molecule has 1 aromatic carbocycles. The fraction of sp³-hybridized carbons (Fsp3) is 0.533. The van der Waals surface area contributed by atoms with Gasteiger partial charge in [-0.1, -0.05) is 18.2 Å². The predicted molar refractivity (Wildman–Crippen MR) is 69.7 cm³/mol. The molecule has 1 aliphatic carbocycles. The van der Waals surface area contributed by atoms with E-state index in [1.165, 1.54) is 12.1 Å². The van der Waals surface area contributed by atoms with Crippen molar-refractivity contribution in [2.45, 2.75) is 24.9 Å². The standard InChI is InChI=1S/C15H17F3O3/c1-20-7-4-8-21-14(19)12-9-11(12)10-5-2-3-6-13(10)15(16,17)18/h2-3,5-6,11-12H,4,7-9H2,1H3. The second-order valence-corrected chi connectivity index (χ2v) is 5.05. The molecular formula is C15H17F3O3. The summed E-state index contributed by atoms with van der Waals surface area (Å²) in [6, 6.07) is 5.40. The van der Waals surface area contributed by atoms with Crippen LogP contribution in [0, 0.1) is 5.92 Å². The van der Waals surface area contributed by atoms with Crippen molar-refractivity contribution >= 4 is 5.97 Å². The topological polar surface area (TPSA) is 35.5 Å². The zero-order chi connectivity index (χ0) is 15.5. The summed E-state index contributed by atoms with van der Waals surface area (Å²) in [6.45, 7) is 0.717. The molecule has 1 aromatic rings. The number of alkyl halides is 3. The molecular weight excluding hydrogens is 285 g/mol. The zero-order valence-corrected chi connectivity index (χ0v) is 11.7. The van der Waals surface area contributed by atoms with E-state index in [9.17, 15) is 18.0 Å². The molecule has 1 saturated carbocycles. The van der Waals surface area contributed by atoms with Crippen molar-refractivity contribution in [2.24, 2.45) is 5.92 Å². The summed E-state index contributed by atoms with van der Waals surface area (Å²) in [6.07, 6.45) is -3.40. The molecule has 0 heterocycles. The zero-order valence-electron chi connectivity index (χ0n) is 11.7. The van der Waals surface area contributed by atoms with Gasteiger partial charge in [0.1, 0.15) is 0 Å². The highest BCUT2D eigenvalue weighted by Crippen LogP contribution is 2.51. The highest BCUT2D eigenvalue weighted by atomic mass is 19.4. The minimum absolute atomic E-state index is 0.184. The fourth-order valence-electron chi connectivity index (χ4n) is 2.36. The van der Waals surface area contributed by atoms with Crippen LogP contribution in [-0.4, -0.2) is 26.3 Å². The van der Waals surface area contributed by atoms with Crippen molar-refractivity contribution in [1.82, 2.24) is 0 Å². The first-order valence-corrected chi connectivity index (χ1v) is 6.77. The van der Waals surface area contributed by atoms with Crippen LogP contribution in [0.2, 0.25) is 0 Å². The summed E-state index contributed by atoms with van der Waals surface area (Å²) in [4.78, 5) is 11.8. The molecule has 2 rings (SSSR count). The quantitative estimate of drug-likeness (QED) is 0.597. The van der Waals surface area contributed by atoms with Crippen molar-refractivity contribution in [3.63, 3.8) is 0 Å². The first-order valence-electron chi connectivity index (χ1n) is 6.77. The molecule has 0 aliphatic heterocycles. The van der Waals surface area contributed by atoms with Gasteiger partial charge in [0.15, 0.2) is 0 Å². The minimum Gasteiger partial charge on any atom is -0.465 e. The molecule has 6 heteroatoms. The van der Waals surface area contributed by atoms with E-state index in [1.807, 2.05) is 0 Å². The smallest absolute Gasteiger partial charge is 0.416 e. The summed E-state index contributed by atoms with van der Waals surface area (Å²) in [5, 5.41) is 0. The van der Waals surface area contributed by atoms with Crippen LogP contribution < -0.4 is 0 Å². The Labute approximate surface area is 121 Å². The van der Waals surface area contributed by atoms with E-state index in [1.54, 1.807) is 13.2 Å². The van der Waals surface area contributed by atoms with Crippen LogP contribution >= 0.6 is 0 Å². The molecule has 21 heavy (non-hydrogen) atoms. The normalized spacial score (nSPS) is 21.1. The van der Waals surface area contributed by atoms with Crippen LogP contribution in [0.3, 0.4) is 0 Å². The number of hydrogen-bond acceptors (Lipinski definition) is 3. The van der Waals surface area contributed by atoms with Gasteiger partial charge in [-0.3, -0.25) is 4.79 Å². The van der Waals surface area contributed by atoms with E-state index in [2.05, 4.69) is 0 Å². The maximum absolute atomic E-state index is 12.9. The van der Waals surface area contributed by atoms with Gasteiger partial charge in [-0.2, -0.15) is 13.2 Å². The maximum Gasteiger partial charge on any atom is 0.416 e. The van der Waals surface area contributed by atoms with Crippen LogP contribution in [-0.2, 0) is 20.4 Å². The van der Waals surface area contributed by atoms with Crippen molar-refractivity contribution < 1.29 is 27.4 Å². The second-order valence-electron chi connectivity index (χ2n) is 5.05. The average Bonchev–Trinajstić information content (AvgIpc) is 3.23. The van der Waals surface area contributed by atoms with Gasteiger partial charge >= 0.3 is 12.1 Å². The van der Waals surface area contributed by atoms with E-state index >= 15 is 0 Å². The number of ether oxygens (including phenoxy) is 2. The molecule has 0 radical (unpaired) electrons. The van der Waals surface area contributed by atoms with Gasteiger partial charge in [0.25, 0.3) is 0 Å². The third-order valence-electron chi connectivity index (χ3n) is 3.50. The molecule has 3 nitrogen and oxygen atoms in total. The van der Waals surface area contributed by atoms with Gasteiger partial charge in [-0.05, 0) is 24.0 Å². The van der Waals surface area contributed by atoms with Gasteiger partial charge in [0.05, 0.1) is 18.1 Å². The van der Waals surface area contributed by atoms with Gasteiger partial charge in [0.2, 0.25) is 0 Å². The number of hydrogen-bond donors (Lipinski definition) is 0. The number of carbonyl (C=O) groups is 1. The lowest BCUT2D eigenvalue weighted by atomic mass is 10.0. The summed E-state index contributed by atoms with van der Waals surface area (Å²) < 4.78 is 48.6. The van der Waals surface area contributed by atoms with Gasteiger partial charge in [-0.25, -0.2) is 0 Å². The first-order chi connectivity index (χ1) is 9.95. The predicted octanol–water partition coefficient (Wildman–Crippen LogP) is 3.39. The number of halogens is 3. The monoisotopic (exact) mass is 302 g/mol. The van der Waals surface area contributed by atoms with Crippen LogP contribution in [0.25, 0.3) is 0 Å². The molecule has 1 aliphatic rings. The van der Waals surface area contributed by atoms with Crippen LogP contribution in [0.15, 0.2) is 24.3 Å².